The average molecular weight is 352 g/mol. The largest absolute Gasteiger partial charge is 0.478 e. The second-order valence-corrected chi connectivity index (χ2v) is 6.68. The lowest BCUT2D eigenvalue weighted by molar-refractivity contribution is -0.131. The van der Waals surface area contributed by atoms with Crippen LogP contribution in [0.2, 0.25) is 0 Å². The van der Waals surface area contributed by atoms with Gasteiger partial charge in [-0.15, -0.1) is 0 Å². The molecule has 4 aromatic rings. The first-order valence-corrected chi connectivity index (χ1v) is 8.74. The number of aliphatic carboxylic acids is 1. The van der Waals surface area contributed by atoms with Gasteiger partial charge in [-0.3, -0.25) is 0 Å². The first-order valence-electron chi connectivity index (χ1n) is 8.74. The van der Waals surface area contributed by atoms with Crippen LogP contribution in [-0.4, -0.2) is 23.1 Å². The predicted octanol–water partition coefficient (Wildman–Crippen LogP) is 5.23. The van der Waals surface area contributed by atoms with Crippen LogP contribution < -0.4 is 4.90 Å². The summed E-state index contributed by atoms with van der Waals surface area (Å²) in [7, 11) is 2.08. The molecular formula is C23H16N2O2. The molecule has 1 N–H and O–H groups in total. The minimum atomic E-state index is -0.955. The van der Waals surface area contributed by atoms with Gasteiger partial charge in [0.25, 0.3) is 0 Å². The highest BCUT2D eigenvalue weighted by atomic mass is 16.4. The highest BCUT2D eigenvalue weighted by Crippen LogP contribution is 2.47. The van der Waals surface area contributed by atoms with Crippen LogP contribution in [0.4, 0.5) is 11.4 Å². The van der Waals surface area contributed by atoms with Crippen molar-refractivity contribution >= 4 is 45.1 Å². The summed E-state index contributed by atoms with van der Waals surface area (Å²) in [4.78, 5) is 18.0. The zero-order chi connectivity index (χ0) is 18.5. The topological polar surface area (TPSA) is 53.4 Å². The van der Waals surface area contributed by atoms with E-state index in [1.54, 1.807) is 6.08 Å². The van der Waals surface area contributed by atoms with Gasteiger partial charge in [0.2, 0.25) is 0 Å². The number of carbonyl (C=O) groups is 1. The molecular weight excluding hydrogens is 336 g/mol. The van der Waals surface area contributed by atoms with Crippen LogP contribution >= 0.6 is 0 Å². The van der Waals surface area contributed by atoms with Gasteiger partial charge in [-0.1, -0.05) is 36.4 Å². The number of fused-ring (bicyclic) bond motifs is 4. The normalized spacial score (nSPS) is 12.7. The van der Waals surface area contributed by atoms with Gasteiger partial charge >= 0.3 is 5.97 Å². The van der Waals surface area contributed by atoms with Gasteiger partial charge in [0.1, 0.15) is 0 Å². The molecule has 0 saturated heterocycles. The smallest absolute Gasteiger partial charge is 0.328 e. The number of aromatic nitrogens is 1. The lowest BCUT2D eigenvalue weighted by Crippen LogP contribution is -2.15. The van der Waals surface area contributed by atoms with Crippen LogP contribution in [0.3, 0.4) is 0 Å². The van der Waals surface area contributed by atoms with E-state index in [4.69, 9.17) is 10.1 Å². The summed E-state index contributed by atoms with van der Waals surface area (Å²) in [5.41, 5.74) is 6.14. The van der Waals surface area contributed by atoms with Crippen molar-refractivity contribution in [1.29, 1.82) is 0 Å². The maximum Gasteiger partial charge on any atom is 0.328 e. The maximum atomic E-state index is 10.8. The zero-order valence-electron chi connectivity index (χ0n) is 14.7. The second kappa shape index (κ2) is 5.68. The monoisotopic (exact) mass is 352 g/mol. The van der Waals surface area contributed by atoms with E-state index in [1.807, 2.05) is 30.3 Å². The Balaban J connectivity index is 1.88. The van der Waals surface area contributed by atoms with Crippen molar-refractivity contribution in [3.8, 4) is 11.3 Å². The van der Waals surface area contributed by atoms with Crippen LogP contribution in [0.5, 0.6) is 0 Å². The van der Waals surface area contributed by atoms with Crippen molar-refractivity contribution in [2.24, 2.45) is 0 Å². The Labute approximate surface area is 156 Å². The molecule has 0 fully saturated rings. The van der Waals surface area contributed by atoms with Gasteiger partial charge in [0.15, 0.2) is 0 Å². The fourth-order valence-electron chi connectivity index (χ4n) is 3.90. The van der Waals surface area contributed by atoms with Crippen LogP contribution in [0.25, 0.3) is 39.0 Å². The number of hydrogen-bond acceptors (Lipinski definition) is 3. The number of pyridine rings is 1. The summed E-state index contributed by atoms with van der Waals surface area (Å²) >= 11 is 0. The van der Waals surface area contributed by atoms with E-state index < -0.39 is 5.97 Å². The molecule has 0 spiro atoms. The molecule has 0 atom stereocenters. The summed E-state index contributed by atoms with van der Waals surface area (Å²) in [5, 5.41) is 12.2. The molecule has 0 unspecified atom stereocenters. The van der Waals surface area contributed by atoms with Crippen LogP contribution in [0, 0.1) is 0 Å². The lowest BCUT2D eigenvalue weighted by atomic mass is 9.93. The fraction of sp³-hybridized carbons (Fsp3) is 0.0435. The van der Waals surface area contributed by atoms with Gasteiger partial charge in [-0.25, -0.2) is 9.78 Å². The number of benzene rings is 3. The minimum Gasteiger partial charge on any atom is -0.478 e. The Morgan fingerprint density at radius 3 is 2.67 bits per heavy atom. The first kappa shape index (κ1) is 15.6. The quantitative estimate of drug-likeness (QED) is 0.396. The van der Waals surface area contributed by atoms with Crippen LogP contribution in [0.1, 0.15) is 5.56 Å². The molecule has 0 saturated carbocycles. The number of para-hydroxylation sites is 1. The molecule has 0 aliphatic carbocycles. The minimum absolute atomic E-state index is 0.844. The Morgan fingerprint density at radius 1 is 1.00 bits per heavy atom. The van der Waals surface area contributed by atoms with E-state index in [0.717, 1.165) is 55.9 Å². The van der Waals surface area contributed by atoms with E-state index in [2.05, 4.69) is 42.3 Å². The summed E-state index contributed by atoms with van der Waals surface area (Å²) in [6.07, 6.45) is 2.77. The highest BCUT2D eigenvalue weighted by Gasteiger charge is 2.24. The van der Waals surface area contributed by atoms with Gasteiger partial charge in [0.05, 0.1) is 22.6 Å². The average Bonchev–Trinajstić information content (AvgIpc) is 2.70. The van der Waals surface area contributed by atoms with Crippen molar-refractivity contribution in [3.63, 3.8) is 0 Å². The molecule has 27 heavy (non-hydrogen) atoms. The van der Waals surface area contributed by atoms with Gasteiger partial charge < -0.3 is 10.0 Å². The molecule has 0 bridgehead atoms. The van der Waals surface area contributed by atoms with Crippen molar-refractivity contribution in [1.82, 2.24) is 4.98 Å². The number of carboxylic acid groups (broad SMARTS) is 1. The molecule has 4 nitrogen and oxygen atoms in total. The Kier molecular flexibility index (Phi) is 3.28. The standard InChI is InChI=1S/C23H16N2O2/c1-25-19-7-3-2-5-16(19)23-22-15(6-4-8-20(22)25)17-13-14(10-12-21(26)27)9-11-18(17)24-23/h2-13H,1H3,(H,26,27)/b12-10+. The van der Waals surface area contributed by atoms with Crippen molar-refractivity contribution < 1.29 is 9.90 Å². The summed E-state index contributed by atoms with van der Waals surface area (Å²) in [5.74, 6) is -0.955. The van der Waals surface area contributed by atoms with E-state index in [9.17, 15) is 4.79 Å². The molecule has 1 aromatic heterocycles. The summed E-state index contributed by atoms with van der Waals surface area (Å²) in [6.45, 7) is 0. The summed E-state index contributed by atoms with van der Waals surface area (Å²) in [6, 6.07) is 20.5. The molecule has 130 valence electrons. The van der Waals surface area contributed by atoms with Crippen LogP contribution in [0.15, 0.2) is 66.7 Å². The van der Waals surface area contributed by atoms with Gasteiger partial charge in [-0.05, 0) is 41.3 Å². The van der Waals surface area contributed by atoms with Gasteiger partial charge in [-0.2, -0.15) is 0 Å². The number of nitrogens with zero attached hydrogens (tertiary/aromatic N) is 2. The SMILES string of the molecule is CN1c2ccccc2-c2nc3ccc(/C=C/C(=O)O)cc3c3cccc1c23. The number of hydrogen-bond donors (Lipinski definition) is 1. The van der Waals surface area contributed by atoms with Crippen LogP contribution in [-0.2, 0) is 4.79 Å². The Bertz CT molecular complexity index is 1270. The van der Waals surface area contributed by atoms with E-state index in [1.165, 1.54) is 0 Å². The molecule has 1 aliphatic rings. The molecule has 1 aliphatic heterocycles. The van der Waals surface area contributed by atoms with E-state index >= 15 is 0 Å². The molecule has 0 amide bonds. The maximum absolute atomic E-state index is 10.8. The first-order chi connectivity index (χ1) is 13.1. The predicted molar refractivity (Wildman–Crippen MR) is 109 cm³/mol. The third kappa shape index (κ3) is 2.30. The highest BCUT2D eigenvalue weighted by molar-refractivity contribution is 6.19. The van der Waals surface area contributed by atoms with Crippen molar-refractivity contribution in [2.75, 3.05) is 11.9 Å². The molecule has 0 radical (unpaired) electrons. The van der Waals surface area contributed by atoms with Crippen molar-refractivity contribution in [2.45, 2.75) is 0 Å². The second-order valence-electron chi connectivity index (χ2n) is 6.68. The van der Waals surface area contributed by atoms with Crippen molar-refractivity contribution in [3.05, 3.63) is 72.3 Å². The van der Waals surface area contributed by atoms with E-state index in [0.29, 0.717) is 0 Å². The number of rotatable bonds is 2. The zero-order valence-corrected chi connectivity index (χ0v) is 14.7. The number of anilines is 2. The molecule has 4 heteroatoms. The fourth-order valence-corrected chi connectivity index (χ4v) is 3.90. The molecule has 2 heterocycles. The number of carboxylic acids is 1. The lowest BCUT2D eigenvalue weighted by Gasteiger charge is -2.30. The third-order valence-corrected chi connectivity index (χ3v) is 5.12. The Morgan fingerprint density at radius 2 is 1.81 bits per heavy atom. The molecule has 3 aromatic carbocycles. The Hall–Kier alpha value is -3.66. The van der Waals surface area contributed by atoms with E-state index in [-0.39, 0.29) is 0 Å². The van der Waals surface area contributed by atoms with Gasteiger partial charge in [0, 0.05) is 29.5 Å². The summed E-state index contributed by atoms with van der Waals surface area (Å²) < 4.78 is 0. The third-order valence-electron chi connectivity index (χ3n) is 5.12. The molecule has 5 rings (SSSR count).